The Labute approximate surface area is 351 Å². The first-order chi connectivity index (χ1) is 28.3. The third kappa shape index (κ3) is 10.4. The predicted octanol–water partition coefficient (Wildman–Crippen LogP) is 5.77. The topological polar surface area (TPSA) is 134 Å². The number of carbonyl (C=O) groups excluding carboxylic acids is 5. The molecule has 60 heavy (non-hydrogen) atoms. The van der Waals surface area contributed by atoms with Crippen LogP contribution in [-0.4, -0.2) is 78.9 Å². The van der Waals surface area contributed by atoms with Crippen LogP contribution in [0.4, 0.5) is 13.2 Å². The Bertz CT molecular complexity index is 1980. The lowest BCUT2D eigenvalue weighted by atomic mass is 9.94. The fraction of sp³-hybridized carbons (Fsp3) is 0.457. The maximum absolute atomic E-state index is 14.0. The molecular formula is C46H57F3N4O6Si. The molecule has 10 nitrogen and oxygen atoms in total. The molecule has 322 valence electrons. The van der Waals surface area contributed by atoms with Gasteiger partial charge >= 0.3 is 6.18 Å². The lowest BCUT2D eigenvalue weighted by molar-refractivity contribution is -0.144. The zero-order valence-corrected chi connectivity index (χ0v) is 36.2. The number of ketones is 1. The maximum Gasteiger partial charge on any atom is 0.416 e. The highest BCUT2D eigenvalue weighted by Gasteiger charge is 2.51. The van der Waals surface area contributed by atoms with Crippen molar-refractivity contribution >= 4 is 48.1 Å². The van der Waals surface area contributed by atoms with E-state index in [9.17, 15) is 37.1 Å². The summed E-state index contributed by atoms with van der Waals surface area (Å²) in [7, 11) is -2.98. The number of amides is 4. The number of allylic oxidation sites excluding steroid dienone is 1. The molecule has 14 heteroatoms. The number of rotatable bonds is 13. The van der Waals surface area contributed by atoms with Gasteiger partial charge in [-0.2, -0.15) is 13.2 Å². The second-order valence-electron chi connectivity index (χ2n) is 17.0. The van der Waals surface area contributed by atoms with Gasteiger partial charge in [0.2, 0.25) is 23.6 Å². The lowest BCUT2D eigenvalue weighted by Crippen LogP contribution is -2.68. The molecule has 4 amide bonds. The highest BCUT2D eigenvalue weighted by atomic mass is 28.4. The minimum absolute atomic E-state index is 0.121. The number of hydrogen-bond acceptors (Lipinski definition) is 6. The summed E-state index contributed by atoms with van der Waals surface area (Å²) in [5.74, 6) is -2.47. The van der Waals surface area contributed by atoms with Gasteiger partial charge in [0.1, 0.15) is 29.8 Å². The van der Waals surface area contributed by atoms with Crippen LogP contribution in [0.15, 0.2) is 97.1 Å². The average molecular weight is 847 g/mol. The smallest absolute Gasteiger partial charge is 0.397 e. The molecule has 0 aliphatic carbocycles. The van der Waals surface area contributed by atoms with Crippen LogP contribution in [-0.2, 0) is 41.0 Å². The number of unbranched alkanes of at least 4 members (excludes halogenated alkanes) is 1. The van der Waals surface area contributed by atoms with Crippen LogP contribution < -0.4 is 26.3 Å². The van der Waals surface area contributed by atoms with Crippen molar-refractivity contribution in [2.45, 2.75) is 127 Å². The van der Waals surface area contributed by atoms with Crippen molar-refractivity contribution in [2.24, 2.45) is 0 Å². The van der Waals surface area contributed by atoms with E-state index < -0.39 is 73.5 Å². The number of carbonyl (C=O) groups is 5. The number of alkyl halides is 3. The number of nitrogens with one attached hydrogen (secondary N) is 3. The van der Waals surface area contributed by atoms with Crippen LogP contribution in [0.25, 0.3) is 0 Å². The number of fused-ring (bicyclic) bond motifs is 1. The van der Waals surface area contributed by atoms with Gasteiger partial charge in [-0.15, -0.1) is 0 Å². The largest absolute Gasteiger partial charge is 0.416 e. The summed E-state index contributed by atoms with van der Waals surface area (Å²) in [4.78, 5) is 70.6. The molecule has 1 unspecified atom stereocenters. The molecule has 2 aliphatic rings. The fourth-order valence-corrected chi connectivity index (χ4v) is 12.7. The van der Waals surface area contributed by atoms with Crippen molar-refractivity contribution in [3.63, 3.8) is 0 Å². The van der Waals surface area contributed by atoms with Gasteiger partial charge in [0.05, 0.1) is 5.56 Å². The van der Waals surface area contributed by atoms with E-state index in [0.29, 0.717) is 31.2 Å². The highest BCUT2D eigenvalue weighted by molar-refractivity contribution is 6.99. The summed E-state index contributed by atoms with van der Waals surface area (Å²) < 4.78 is 46.6. The predicted molar refractivity (Wildman–Crippen MR) is 227 cm³/mol. The molecule has 0 radical (unpaired) electrons. The van der Waals surface area contributed by atoms with Gasteiger partial charge in [-0.05, 0) is 91.6 Å². The maximum atomic E-state index is 14.0. The van der Waals surface area contributed by atoms with Gasteiger partial charge < -0.3 is 25.3 Å². The van der Waals surface area contributed by atoms with Crippen molar-refractivity contribution < 1.29 is 41.6 Å². The standard InChI is InChI=1S/C46H57F3N4O6Si/c1-7-45(6)43(58)51-37(30-32-25-27-33(28-26-32)46(47,48)49)42(57)53-29-17-23-38(53)41(56)50-36(40(55)52-45)22-15-10-16-24-39(54)31(2)59-60(44(3,4)5,34-18-11-8-12-19-34)35-20-13-9-14-21-35/h8-9,11-14,16,18-21,24-28,31,36-38H,7,10,15,17,22-23,29-30H2,1-6H3,(H,50,56)(H,51,58)(H,52,55)/b24-16+/t31-,36-,37?,38+,45-/m0/s1. The Morgan fingerprint density at radius 2 is 1.50 bits per heavy atom. The molecule has 2 saturated heterocycles. The molecule has 0 spiro atoms. The molecule has 5 rings (SSSR count). The zero-order chi connectivity index (χ0) is 43.9. The number of benzene rings is 3. The Morgan fingerprint density at radius 3 is 2.05 bits per heavy atom. The minimum atomic E-state index is -4.54. The first-order valence-corrected chi connectivity index (χ1v) is 22.6. The molecule has 2 heterocycles. The van der Waals surface area contributed by atoms with Crippen LogP contribution in [0.1, 0.15) is 91.2 Å². The second-order valence-corrected chi connectivity index (χ2v) is 21.3. The SMILES string of the molecule is CC[C@]1(C)NC(=O)[C@H](CCC/C=C/C(=O)[C@H](C)O[Si](c2ccccc2)(c2ccccc2)C(C)(C)C)NC(=O)[C@H]2CCCN2C(=O)C(Cc2ccc(C(F)(F)F)cc2)NC1=O. The molecule has 0 bridgehead atoms. The molecule has 0 aromatic heterocycles. The van der Waals surface area contributed by atoms with Crippen LogP contribution in [0.3, 0.4) is 0 Å². The van der Waals surface area contributed by atoms with Crippen LogP contribution >= 0.6 is 0 Å². The van der Waals surface area contributed by atoms with Crippen LogP contribution in [0, 0.1) is 0 Å². The van der Waals surface area contributed by atoms with E-state index in [2.05, 4.69) is 61.0 Å². The molecule has 5 atom stereocenters. The minimum Gasteiger partial charge on any atom is -0.397 e. The van der Waals surface area contributed by atoms with Gasteiger partial charge in [0, 0.05) is 13.0 Å². The summed E-state index contributed by atoms with van der Waals surface area (Å²) in [5.41, 5.74) is -1.95. The fourth-order valence-electron chi connectivity index (χ4n) is 8.08. The molecule has 3 aromatic carbocycles. The number of hydrogen-bond donors (Lipinski definition) is 3. The van der Waals surface area contributed by atoms with Crippen LogP contribution in [0.5, 0.6) is 0 Å². The Morgan fingerprint density at radius 1 is 0.900 bits per heavy atom. The molecule has 3 aromatic rings. The number of halogens is 3. The van der Waals surface area contributed by atoms with E-state index in [0.717, 1.165) is 22.5 Å². The van der Waals surface area contributed by atoms with Gasteiger partial charge in [0.25, 0.3) is 8.32 Å². The van der Waals surface area contributed by atoms with Crippen molar-refractivity contribution in [1.82, 2.24) is 20.9 Å². The van der Waals surface area contributed by atoms with Gasteiger partial charge in [-0.1, -0.05) is 107 Å². The van der Waals surface area contributed by atoms with E-state index in [1.165, 1.54) is 30.0 Å². The van der Waals surface area contributed by atoms with Crippen molar-refractivity contribution in [3.05, 3.63) is 108 Å². The van der Waals surface area contributed by atoms with E-state index in [1.54, 1.807) is 19.9 Å². The highest BCUT2D eigenvalue weighted by Crippen LogP contribution is 2.38. The zero-order valence-electron chi connectivity index (χ0n) is 35.2. The lowest BCUT2D eigenvalue weighted by Gasteiger charge is -2.44. The molecule has 2 aliphatic heterocycles. The summed E-state index contributed by atoms with van der Waals surface area (Å²) in [6.45, 7) is 11.7. The van der Waals surface area contributed by atoms with E-state index in [-0.39, 0.29) is 36.6 Å². The normalized spacial score (nSPS) is 22.6. The third-order valence-electron chi connectivity index (χ3n) is 11.7. The van der Waals surface area contributed by atoms with Gasteiger partial charge in [-0.3, -0.25) is 24.0 Å². The molecule has 3 N–H and O–H groups in total. The summed E-state index contributed by atoms with van der Waals surface area (Å²) in [6.07, 6.45) is -0.207. The monoisotopic (exact) mass is 846 g/mol. The Kier molecular flexibility index (Phi) is 14.6. The third-order valence-corrected chi connectivity index (χ3v) is 16.8. The first kappa shape index (κ1) is 46.0. The van der Waals surface area contributed by atoms with E-state index >= 15 is 0 Å². The van der Waals surface area contributed by atoms with Crippen molar-refractivity contribution in [3.8, 4) is 0 Å². The first-order valence-electron chi connectivity index (χ1n) is 20.7. The van der Waals surface area contributed by atoms with E-state index in [1.807, 2.05) is 36.4 Å². The quantitative estimate of drug-likeness (QED) is 0.114. The van der Waals surface area contributed by atoms with Crippen molar-refractivity contribution in [2.75, 3.05) is 6.54 Å². The van der Waals surface area contributed by atoms with Crippen LogP contribution in [0.2, 0.25) is 5.04 Å². The Balaban J connectivity index is 1.29. The summed E-state index contributed by atoms with van der Waals surface area (Å²) in [6, 6.07) is 21.3. The van der Waals surface area contributed by atoms with Gasteiger partial charge in [0.15, 0.2) is 5.78 Å². The summed E-state index contributed by atoms with van der Waals surface area (Å²) >= 11 is 0. The van der Waals surface area contributed by atoms with Crippen molar-refractivity contribution in [1.29, 1.82) is 0 Å². The van der Waals surface area contributed by atoms with E-state index in [4.69, 9.17) is 4.43 Å². The molecule has 2 fully saturated rings. The molecular weight excluding hydrogens is 790 g/mol. The molecule has 0 saturated carbocycles. The summed E-state index contributed by atoms with van der Waals surface area (Å²) in [5, 5.41) is 10.2. The number of nitrogens with zero attached hydrogens (tertiary/aromatic N) is 1. The Hall–Kier alpha value is -5.08. The average Bonchev–Trinajstić information content (AvgIpc) is 3.71. The van der Waals surface area contributed by atoms with Gasteiger partial charge in [-0.25, -0.2) is 0 Å². The second kappa shape index (κ2) is 19.1.